The molecule has 1 aromatic heterocycles. The Balaban J connectivity index is 2.25. The number of ether oxygens (including phenoxy) is 1. The summed E-state index contributed by atoms with van der Waals surface area (Å²) in [6.45, 7) is 0. The van der Waals surface area contributed by atoms with E-state index in [-0.39, 0.29) is 11.9 Å². The van der Waals surface area contributed by atoms with E-state index in [1.54, 1.807) is 31.6 Å². The molecule has 2 aromatic rings. The lowest BCUT2D eigenvalue weighted by Gasteiger charge is -2.15. The van der Waals surface area contributed by atoms with E-state index < -0.39 is 0 Å². The first-order valence-electron chi connectivity index (χ1n) is 5.79. The molecule has 0 aliphatic heterocycles. The van der Waals surface area contributed by atoms with Gasteiger partial charge < -0.3 is 10.5 Å². The highest BCUT2D eigenvalue weighted by Crippen LogP contribution is 2.26. The van der Waals surface area contributed by atoms with Gasteiger partial charge in [-0.1, -0.05) is 11.6 Å². The van der Waals surface area contributed by atoms with Crippen LogP contribution in [0.2, 0.25) is 5.02 Å². The van der Waals surface area contributed by atoms with E-state index in [1.165, 1.54) is 12.1 Å². The van der Waals surface area contributed by atoms with Gasteiger partial charge in [-0.15, -0.1) is 0 Å². The van der Waals surface area contributed by atoms with Crippen molar-refractivity contribution in [3.63, 3.8) is 0 Å². The van der Waals surface area contributed by atoms with Crippen LogP contribution in [0.5, 0.6) is 5.75 Å². The molecule has 0 bridgehead atoms. The van der Waals surface area contributed by atoms with Crippen molar-refractivity contribution >= 4 is 11.6 Å². The van der Waals surface area contributed by atoms with Crippen LogP contribution in [0, 0.1) is 5.82 Å². The van der Waals surface area contributed by atoms with Crippen LogP contribution in [0.25, 0.3) is 0 Å². The fourth-order valence-electron chi connectivity index (χ4n) is 1.91. The van der Waals surface area contributed by atoms with Crippen molar-refractivity contribution in [2.45, 2.75) is 12.5 Å². The van der Waals surface area contributed by atoms with E-state index in [1.807, 2.05) is 0 Å². The Labute approximate surface area is 116 Å². The lowest BCUT2D eigenvalue weighted by Crippen LogP contribution is -2.15. The van der Waals surface area contributed by atoms with Gasteiger partial charge >= 0.3 is 0 Å². The molecule has 0 aliphatic rings. The second-order valence-electron chi connectivity index (χ2n) is 4.16. The predicted octanol–water partition coefficient (Wildman–Crippen LogP) is 3.13. The third-order valence-corrected chi connectivity index (χ3v) is 3.12. The molecule has 3 nitrogen and oxygen atoms in total. The summed E-state index contributed by atoms with van der Waals surface area (Å²) in [6.07, 6.45) is 3.56. The molecule has 0 saturated carbocycles. The fourth-order valence-corrected chi connectivity index (χ4v) is 2.11. The van der Waals surface area contributed by atoms with Gasteiger partial charge in [0.2, 0.25) is 0 Å². The van der Waals surface area contributed by atoms with Crippen LogP contribution in [0.1, 0.15) is 17.2 Å². The average Bonchev–Trinajstić information content (AvgIpc) is 2.42. The molecule has 0 amide bonds. The van der Waals surface area contributed by atoms with Gasteiger partial charge in [0.1, 0.15) is 11.6 Å². The summed E-state index contributed by atoms with van der Waals surface area (Å²) in [7, 11) is 1.55. The summed E-state index contributed by atoms with van der Waals surface area (Å²) in [5.74, 6) is 0.283. The largest absolute Gasteiger partial charge is 0.495 e. The Kier molecular flexibility index (Phi) is 4.35. The fraction of sp³-hybridized carbons (Fsp3) is 0.214. The lowest BCUT2D eigenvalue weighted by atomic mass is 9.99. The second kappa shape index (κ2) is 5.99. The molecule has 100 valence electrons. The number of hydrogen-bond acceptors (Lipinski definition) is 3. The van der Waals surface area contributed by atoms with Crippen LogP contribution in [0.3, 0.4) is 0 Å². The van der Waals surface area contributed by atoms with Crippen LogP contribution in [-0.2, 0) is 6.42 Å². The number of halogens is 2. The third kappa shape index (κ3) is 3.22. The summed E-state index contributed by atoms with van der Waals surface area (Å²) >= 11 is 5.86. The van der Waals surface area contributed by atoms with E-state index in [0.29, 0.717) is 22.8 Å². The van der Waals surface area contributed by atoms with Gasteiger partial charge in [0.15, 0.2) is 0 Å². The summed E-state index contributed by atoms with van der Waals surface area (Å²) in [6, 6.07) is 5.83. The number of nitrogens with zero attached hydrogens (tertiary/aromatic N) is 1. The lowest BCUT2D eigenvalue weighted by molar-refractivity contribution is 0.403. The number of pyridine rings is 1. The smallest absolute Gasteiger partial charge is 0.141 e. The molecule has 1 atom stereocenters. The Bertz CT molecular complexity index is 577. The van der Waals surface area contributed by atoms with Crippen molar-refractivity contribution < 1.29 is 9.13 Å². The third-order valence-electron chi connectivity index (χ3n) is 2.88. The van der Waals surface area contributed by atoms with E-state index in [4.69, 9.17) is 22.1 Å². The molecule has 5 heteroatoms. The second-order valence-corrected chi connectivity index (χ2v) is 4.60. The predicted molar refractivity (Wildman–Crippen MR) is 72.8 cm³/mol. The molecule has 0 aliphatic carbocycles. The molecule has 2 N–H and O–H groups in total. The molecule has 19 heavy (non-hydrogen) atoms. The van der Waals surface area contributed by atoms with Gasteiger partial charge in [-0.25, -0.2) is 4.39 Å². The maximum absolute atomic E-state index is 13.7. The maximum Gasteiger partial charge on any atom is 0.141 e. The van der Waals surface area contributed by atoms with Crippen molar-refractivity contribution in [3.8, 4) is 5.75 Å². The minimum absolute atomic E-state index is 0.312. The Morgan fingerprint density at radius 2 is 2.21 bits per heavy atom. The molecule has 0 radical (unpaired) electrons. The molecule has 0 fully saturated rings. The maximum atomic E-state index is 13.7. The number of aromatic nitrogens is 1. The van der Waals surface area contributed by atoms with Crippen LogP contribution >= 0.6 is 11.6 Å². The summed E-state index contributed by atoms with van der Waals surface area (Å²) in [5.41, 5.74) is 7.38. The van der Waals surface area contributed by atoms with Gasteiger partial charge in [-0.2, -0.15) is 0 Å². The Morgan fingerprint density at radius 1 is 1.42 bits per heavy atom. The van der Waals surface area contributed by atoms with Crippen LogP contribution < -0.4 is 10.5 Å². The van der Waals surface area contributed by atoms with Gasteiger partial charge in [0, 0.05) is 22.8 Å². The van der Waals surface area contributed by atoms with E-state index in [2.05, 4.69) is 4.98 Å². The highest BCUT2D eigenvalue weighted by molar-refractivity contribution is 6.30. The van der Waals surface area contributed by atoms with Gasteiger partial charge in [-0.3, -0.25) is 4.98 Å². The first-order valence-corrected chi connectivity index (χ1v) is 6.17. The number of methoxy groups -OCH3 is 1. The van der Waals surface area contributed by atoms with Crippen molar-refractivity contribution in [3.05, 3.63) is 58.6 Å². The first kappa shape index (κ1) is 13.8. The number of hydrogen-bond donors (Lipinski definition) is 1. The molecule has 1 unspecified atom stereocenters. The minimum Gasteiger partial charge on any atom is -0.495 e. The average molecular weight is 281 g/mol. The summed E-state index contributed by atoms with van der Waals surface area (Å²) in [5, 5.41) is 0.491. The highest BCUT2D eigenvalue weighted by Gasteiger charge is 2.14. The van der Waals surface area contributed by atoms with E-state index >= 15 is 0 Å². The SMILES string of the molecule is COc1cnccc1C(N)Cc1cc(Cl)ccc1F. The van der Waals surface area contributed by atoms with Crippen LogP contribution in [0.15, 0.2) is 36.7 Å². The zero-order valence-corrected chi connectivity index (χ0v) is 11.2. The molecular formula is C14H14ClFN2O. The van der Waals surface area contributed by atoms with Gasteiger partial charge in [-0.05, 0) is 36.2 Å². The van der Waals surface area contributed by atoms with Crippen molar-refractivity contribution in [1.29, 1.82) is 0 Å². The standard InChI is InChI=1S/C14H14ClFN2O/c1-19-14-8-18-5-4-11(14)13(17)7-9-6-10(15)2-3-12(9)16/h2-6,8,13H,7,17H2,1H3. The summed E-state index contributed by atoms with van der Waals surface area (Å²) in [4.78, 5) is 3.96. The van der Waals surface area contributed by atoms with Crippen molar-refractivity contribution in [2.75, 3.05) is 7.11 Å². The molecule has 1 aromatic carbocycles. The normalized spacial score (nSPS) is 12.2. The zero-order valence-electron chi connectivity index (χ0n) is 10.4. The molecule has 1 heterocycles. The topological polar surface area (TPSA) is 48.1 Å². The molecular weight excluding hydrogens is 267 g/mol. The van der Waals surface area contributed by atoms with Crippen LogP contribution in [-0.4, -0.2) is 12.1 Å². The zero-order chi connectivity index (χ0) is 13.8. The Morgan fingerprint density at radius 3 is 2.95 bits per heavy atom. The molecule has 0 saturated heterocycles. The highest BCUT2D eigenvalue weighted by atomic mass is 35.5. The van der Waals surface area contributed by atoms with Crippen LogP contribution in [0.4, 0.5) is 4.39 Å². The quantitative estimate of drug-likeness (QED) is 0.936. The summed E-state index contributed by atoms with van der Waals surface area (Å²) < 4.78 is 18.9. The first-order chi connectivity index (χ1) is 9.11. The van der Waals surface area contributed by atoms with E-state index in [0.717, 1.165) is 5.56 Å². The Hall–Kier alpha value is -1.65. The van der Waals surface area contributed by atoms with E-state index in [9.17, 15) is 4.39 Å². The van der Waals surface area contributed by atoms with Gasteiger partial charge in [0.25, 0.3) is 0 Å². The number of nitrogens with two attached hydrogens (primary N) is 1. The van der Waals surface area contributed by atoms with Gasteiger partial charge in [0.05, 0.1) is 13.3 Å². The monoisotopic (exact) mass is 280 g/mol. The minimum atomic E-state index is -0.383. The van der Waals surface area contributed by atoms with Crippen molar-refractivity contribution in [2.24, 2.45) is 5.73 Å². The molecule has 2 rings (SSSR count). The van der Waals surface area contributed by atoms with Crippen molar-refractivity contribution in [1.82, 2.24) is 4.98 Å². The number of rotatable bonds is 4. The molecule has 0 spiro atoms. The number of benzene rings is 1.